The zero-order valence-corrected chi connectivity index (χ0v) is 9.41. The van der Waals surface area contributed by atoms with Crippen LogP contribution in [0, 0.1) is 13.8 Å². The quantitative estimate of drug-likeness (QED) is 0.786. The first-order valence-corrected chi connectivity index (χ1v) is 4.84. The van der Waals surface area contributed by atoms with Gasteiger partial charge in [0.25, 0.3) is 0 Å². The van der Waals surface area contributed by atoms with E-state index in [1.165, 1.54) is 5.56 Å². The minimum absolute atomic E-state index is 0.00333. The highest BCUT2D eigenvalue weighted by Crippen LogP contribution is 2.11. The van der Waals surface area contributed by atoms with E-state index in [0.717, 1.165) is 17.9 Å². The molecule has 0 spiro atoms. The van der Waals surface area contributed by atoms with Crippen LogP contribution < -0.4 is 5.73 Å². The molecule has 0 fully saturated rings. The van der Waals surface area contributed by atoms with Crippen LogP contribution in [-0.4, -0.2) is 30.5 Å². The summed E-state index contributed by atoms with van der Waals surface area (Å²) in [6.45, 7) is 4.90. The summed E-state index contributed by atoms with van der Waals surface area (Å²) in [6.07, 6.45) is 0. The van der Waals surface area contributed by atoms with Crippen LogP contribution in [-0.2, 0) is 0 Å². The summed E-state index contributed by atoms with van der Waals surface area (Å²) in [4.78, 5) is 6.51. The molecule has 0 aliphatic carbocycles. The number of pyridine rings is 1. The monoisotopic (exact) mass is 193 g/mol. The van der Waals surface area contributed by atoms with Crippen LogP contribution in [0.5, 0.6) is 0 Å². The molecule has 1 heterocycles. The van der Waals surface area contributed by atoms with Gasteiger partial charge in [0.2, 0.25) is 0 Å². The molecule has 0 saturated carbocycles. The Kier molecular flexibility index (Phi) is 3.61. The van der Waals surface area contributed by atoms with Crippen molar-refractivity contribution in [2.75, 3.05) is 20.6 Å². The Hall–Kier alpha value is -0.930. The van der Waals surface area contributed by atoms with Gasteiger partial charge in [-0.15, -0.1) is 0 Å². The van der Waals surface area contributed by atoms with Crippen LogP contribution in [0.25, 0.3) is 0 Å². The lowest BCUT2D eigenvalue weighted by Crippen LogP contribution is -2.26. The molecule has 1 aromatic heterocycles. The predicted molar refractivity (Wildman–Crippen MR) is 59.2 cm³/mol. The van der Waals surface area contributed by atoms with Crippen molar-refractivity contribution in [2.24, 2.45) is 5.73 Å². The zero-order chi connectivity index (χ0) is 10.7. The highest BCUT2D eigenvalue weighted by atomic mass is 15.1. The molecule has 0 amide bonds. The van der Waals surface area contributed by atoms with Gasteiger partial charge in [-0.25, -0.2) is 0 Å². The molecule has 0 aliphatic heterocycles. The van der Waals surface area contributed by atoms with Crippen molar-refractivity contribution in [3.8, 4) is 0 Å². The maximum absolute atomic E-state index is 6.03. The summed E-state index contributed by atoms with van der Waals surface area (Å²) in [7, 11) is 4.03. The third kappa shape index (κ3) is 3.09. The van der Waals surface area contributed by atoms with E-state index in [4.69, 9.17) is 5.73 Å². The largest absolute Gasteiger partial charge is 0.322 e. The van der Waals surface area contributed by atoms with Crippen LogP contribution in [0.4, 0.5) is 0 Å². The average Bonchev–Trinajstić information content (AvgIpc) is 2.00. The molecule has 0 radical (unpaired) electrons. The van der Waals surface area contributed by atoms with Gasteiger partial charge >= 0.3 is 0 Å². The number of rotatable bonds is 3. The van der Waals surface area contributed by atoms with Crippen LogP contribution >= 0.6 is 0 Å². The zero-order valence-electron chi connectivity index (χ0n) is 9.41. The minimum Gasteiger partial charge on any atom is -0.322 e. The first kappa shape index (κ1) is 11.1. The molecule has 0 saturated heterocycles. The molecule has 2 N–H and O–H groups in total. The van der Waals surface area contributed by atoms with Crippen molar-refractivity contribution < 1.29 is 0 Å². The number of hydrogen-bond donors (Lipinski definition) is 1. The number of nitrogens with two attached hydrogens (primary N) is 1. The number of nitrogens with zero attached hydrogens (tertiary/aromatic N) is 2. The third-order valence-corrected chi connectivity index (χ3v) is 2.06. The maximum atomic E-state index is 6.03. The van der Waals surface area contributed by atoms with E-state index in [1.807, 2.05) is 21.0 Å². The van der Waals surface area contributed by atoms with Crippen molar-refractivity contribution in [1.29, 1.82) is 0 Å². The lowest BCUT2D eigenvalue weighted by atomic mass is 10.1. The Morgan fingerprint density at radius 2 is 2.00 bits per heavy atom. The second-order valence-electron chi connectivity index (χ2n) is 4.08. The van der Waals surface area contributed by atoms with Crippen molar-refractivity contribution in [1.82, 2.24) is 9.88 Å². The highest BCUT2D eigenvalue weighted by Gasteiger charge is 2.09. The molecule has 14 heavy (non-hydrogen) atoms. The van der Waals surface area contributed by atoms with Gasteiger partial charge in [-0.05, 0) is 45.6 Å². The van der Waals surface area contributed by atoms with E-state index in [2.05, 4.69) is 28.9 Å². The van der Waals surface area contributed by atoms with E-state index in [0.29, 0.717) is 0 Å². The van der Waals surface area contributed by atoms with Gasteiger partial charge in [-0.1, -0.05) is 0 Å². The lowest BCUT2D eigenvalue weighted by Gasteiger charge is -2.17. The van der Waals surface area contributed by atoms with Gasteiger partial charge in [-0.3, -0.25) is 4.98 Å². The molecular weight excluding hydrogens is 174 g/mol. The second-order valence-corrected chi connectivity index (χ2v) is 4.08. The second kappa shape index (κ2) is 4.53. The van der Waals surface area contributed by atoms with Crippen molar-refractivity contribution in [3.05, 3.63) is 29.1 Å². The van der Waals surface area contributed by atoms with Gasteiger partial charge in [0.15, 0.2) is 0 Å². The van der Waals surface area contributed by atoms with E-state index in [9.17, 15) is 0 Å². The van der Waals surface area contributed by atoms with E-state index in [-0.39, 0.29) is 6.04 Å². The first-order chi connectivity index (χ1) is 6.49. The number of aryl methyl sites for hydroxylation is 2. The van der Waals surface area contributed by atoms with Crippen molar-refractivity contribution in [2.45, 2.75) is 19.9 Å². The van der Waals surface area contributed by atoms with Gasteiger partial charge in [0.05, 0.1) is 11.7 Å². The normalized spacial score (nSPS) is 13.3. The molecular formula is C11H19N3. The number of hydrogen-bond acceptors (Lipinski definition) is 3. The Balaban J connectivity index is 2.84. The smallest absolute Gasteiger partial charge is 0.0599 e. The van der Waals surface area contributed by atoms with E-state index < -0.39 is 0 Å². The molecule has 0 aliphatic rings. The fourth-order valence-corrected chi connectivity index (χ4v) is 1.55. The van der Waals surface area contributed by atoms with Gasteiger partial charge in [0, 0.05) is 12.2 Å². The first-order valence-electron chi connectivity index (χ1n) is 4.84. The SMILES string of the molecule is Cc1cc(C)nc(C(N)CN(C)C)c1. The summed E-state index contributed by atoms with van der Waals surface area (Å²) in [6, 6.07) is 4.12. The molecule has 1 aromatic rings. The van der Waals surface area contributed by atoms with Crippen molar-refractivity contribution in [3.63, 3.8) is 0 Å². The molecule has 1 rings (SSSR count). The van der Waals surface area contributed by atoms with Crippen LogP contribution in [0.1, 0.15) is 23.0 Å². The van der Waals surface area contributed by atoms with Gasteiger partial charge in [-0.2, -0.15) is 0 Å². The Labute approximate surface area is 85.9 Å². The summed E-state index contributed by atoms with van der Waals surface area (Å²) < 4.78 is 0. The van der Waals surface area contributed by atoms with Crippen molar-refractivity contribution >= 4 is 0 Å². The molecule has 1 unspecified atom stereocenters. The van der Waals surface area contributed by atoms with Gasteiger partial charge < -0.3 is 10.6 Å². The number of aromatic nitrogens is 1. The van der Waals surface area contributed by atoms with Crippen LogP contribution in [0.15, 0.2) is 12.1 Å². The molecule has 0 bridgehead atoms. The minimum atomic E-state index is 0.00333. The lowest BCUT2D eigenvalue weighted by molar-refractivity contribution is 0.373. The standard InChI is InChI=1S/C11H19N3/c1-8-5-9(2)13-11(6-8)10(12)7-14(3)4/h5-6,10H,7,12H2,1-4H3. The average molecular weight is 193 g/mol. The summed E-state index contributed by atoms with van der Waals surface area (Å²) in [5.74, 6) is 0. The fraction of sp³-hybridized carbons (Fsp3) is 0.545. The van der Waals surface area contributed by atoms with E-state index >= 15 is 0 Å². The number of likely N-dealkylation sites (N-methyl/N-ethyl adjacent to an activating group) is 1. The molecule has 0 aromatic carbocycles. The van der Waals surface area contributed by atoms with Gasteiger partial charge in [0.1, 0.15) is 0 Å². The third-order valence-electron chi connectivity index (χ3n) is 2.06. The summed E-state index contributed by atoms with van der Waals surface area (Å²) in [5.41, 5.74) is 9.27. The molecule has 1 atom stereocenters. The Morgan fingerprint density at radius 3 is 2.50 bits per heavy atom. The van der Waals surface area contributed by atoms with Crippen LogP contribution in [0.3, 0.4) is 0 Å². The Bertz CT molecular complexity index is 287. The molecule has 3 nitrogen and oxygen atoms in total. The summed E-state index contributed by atoms with van der Waals surface area (Å²) in [5, 5.41) is 0. The van der Waals surface area contributed by atoms with E-state index in [1.54, 1.807) is 0 Å². The Morgan fingerprint density at radius 1 is 1.36 bits per heavy atom. The highest BCUT2D eigenvalue weighted by molar-refractivity contribution is 5.21. The van der Waals surface area contributed by atoms with Crippen LogP contribution in [0.2, 0.25) is 0 Å². The molecule has 3 heteroatoms. The predicted octanol–water partition coefficient (Wildman–Crippen LogP) is 1.26. The topological polar surface area (TPSA) is 42.1 Å². The molecule has 78 valence electrons. The summed E-state index contributed by atoms with van der Waals surface area (Å²) >= 11 is 0. The maximum Gasteiger partial charge on any atom is 0.0599 e. The fourth-order valence-electron chi connectivity index (χ4n) is 1.55.